The molecule has 2 rings (SSSR count). The Bertz CT molecular complexity index is 685. The molecular weight excluding hydrogens is 318 g/mol. The van der Waals surface area contributed by atoms with Gasteiger partial charge in [-0.2, -0.15) is 31.4 Å². The van der Waals surface area contributed by atoms with E-state index in [1.54, 1.807) is 0 Å². The third-order valence-corrected chi connectivity index (χ3v) is 2.69. The number of aromatic nitrogens is 2. The number of hydrogen-bond acceptors (Lipinski definition) is 2. The highest BCUT2D eigenvalue weighted by Crippen LogP contribution is 2.38. The number of rotatable bonds is 2. The Kier molecular flexibility index (Phi) is 3.63. The fourth-order valence-electron chi connectivity index (χ4n) is 1.68. The highest BCUT2D eigenvalue weighted by Gasteiger charge is 2.37. The number of H-pyrrole nitrogens is 1. The molecule has 0 unspecified atom stereocenters. The van der Waals surface area contributed by atoms with Crippen molar-refractivity contribution in [3.8, 4) is 11.3 Å². The lowest BCUT2D eigenvalue weighted by atomic mass is 10.0. The Labute approximate surface area is 118 Å². The number of benzene rings is 1. The van der Waals surface area contributed by atoms with Gasteiger partial charge in [0.05, 0.1) is 16.8 Å². The first-order valence-electron chi connectivity index (χ1n) is 5.57. The summed E-state index contributed by atoms with van der Waals surface area (Å²) in [5.74, 6) is -1.44. The van der Waals surface area contributed by atoms with Gasteiger partial charge in [-0.1, -0.05) is 0 Å². The molecule has 0 fully saturated rings. The van der Waals surface area contributed by atoms with Crippen LogP contribution < -0.4 is 0 Å². The maximum absolute atomic E-state index is 12.7. The van der Waals surface area contributed by atoms with E-state index in [1.165, 1.54) is 0 Å². The average molecular weight is 324 g/mol. The van der Waals surface area contributed by atoms with Crippen LogP contribution in [-0.4, -0.2) is 21.3 Å². The fourth-order valence-corrected chi connectivity index (χ4v) is 1.68. The van der Waals surface area contributed by atoms with Crippen molar-refractivity contribution < 1.29 is 36.2 Å². The topological polar surface area (TPSA) is 66.0 Å². The maximum atomic E-state index is 12.7. The maximum Gasteiger partial charge on any atom is 0.416 e. The molecule has 118 valence electrons. The molecule has 0 bridgehead atoms. The zero-order valence-corrected chi connectivity index (χ0v) is 10.4. The van der Waals surface area contributed by atoms with Crippen molar-refractivity contribution in [1.29, 1.82) is 0 Å². The van der Waals surface area contributed by atoms with Crippen LogP contribution in [0.15, 0.2) is 24.3 Å². The van der Waals surface area contributed by atoms with Crippen molar-refractivity contribution in [2.24, 2.45) is 0 Å². The van der Waals surface area contributed by atoms with Gasteiger partial charge in [-0.3, -0.25) is 5.10 Å². The van der Waals surface area contributed by atoms with E-state index in [2.05, 4.69) is 5.10 Å². The molecule has 1 heterocycles. The SMILES string of the molecule is O=C(O)c1cc(-c2cc(C(F)(F)F)cc(C(F)(F)F)c2)n[nH]1. The number of aromatic carboxylic acids is 1. The van der Waals surface area contributed by atoms with E-state index in [9.17, 15) is 31.1 Å². The summed E-state index contributed by atoms with van der Waals surface area (Å²) < 4.78 is 76.2. The van der Waals surface area contributed by atoms with Crippen molar-refractivity contribution in [1.82, 2.24) is 10.2 Å². The van der Waals surface area contributed by atoms with E-state index in [-0.39, 0.29) is 11.8 Å². The lowest BCUT2D eigenvalue weighted by Gasteiger charge is -2.13. The lowest BCUT2D eigenvalue weighted by Crippen LogP contribution is -2.11. The van der Waals surface area contributed by atoms with Crippen molar-refractivity contribution >= 4 is 5.97 Å². The van der Waals surface area contributed by atoms with Gasteiger partial charge in [0.1, 0.15) is 5.69 Å². The van der Waals surface area contributed by atoms with E-state index in [4.69, 9.17) is 5.11 Å². The van der Waals surface area contributed by atoms with Gasteiger partial charge in [-0.25, -0.2) is 4.79 Å². The second-order valence-electron chi connectivity index (χ2n) is 4.27. The van der Waals surface area contributed by atoms with E-state index in [0.717, 1.165) is 6.07 Å². The Morgan fingerprint density at radius 2 is 1.45 bits per heavy atom. The highest BCUT2D eigenvalue weighted by molar-refractivity contribution is 5.86. The summed E-state index contributed by atoms with van der Waals surface area (Å²) in [6.07, 6.45) is -9.97. The third-order valence-electron chi connectivity index (χ3n) is 2.69. The van der Waals surface area contributed by atoms with Crippen LogP contribution in [0.4, 0.5) is 26.3 Å². The number of carbonyl (C=O) groups is 1. The van der Waals surface area contributed by atoms with Crippen molar-refractivity contribution in [2.75, 3.05) is 0 Å². The number of hydrogen-bond donors (Lipinski definition) is 2. The fraction of sp³-hybridized carbons (Fsp3) is 0.167. The van der Waals surface area contributed by atoms with Crippen LogP contribution >= 0.6 is 0 Å². The minimum absolute atomic E-state index is 0.0196. The number of carboxylic acid groups (broad SMARTS) is 1. The van der Waals surface area contributed by atoms with E-state index in [1.807, 2.05) is 5.10 Å². The van der Waals surface area contributed by atoms with Crippen LogP contribution in [-0.2, 0) is 12.4 Å². The summed E-state index contributed by atoms with van der Waals surface area (Å²) in [5.41, 5.74) is -4.30. The normalized spacial score (nSPS) is 12.5. The molecule has 0 aliphatic heterocycles. The smallest absolute Gasteiger partial charge is 0.416 e. The number of aromatic amines is 1. The van der Waals surface area contributed by atoms with Crippen molar-refractivity contribution in [3.05, 3.63) is 41.1 Å². The summed E-state index contributed by atoms with van der Waals surface area (Å²) in [6.45, 7) is 0. The van der Waals surface area contributed by atoms with Crippen LogP contribution in [0.3, 0.4) is 0 Å². The van der Waals surface area contributed by atoms with Gasteiger partial charge < -0.3 is 5.11 Å². The molecule has 0 radical (unpaired) electrons. The van der Waals surface area contributed by atoms with Crippen LogP contribution in [0.1, 0.15) is 21.6 Å². The zero-order valence-electron chi connectivity index (χ0n) is 10.4. The molecule has 0 atom stereocenters. The highest BCUT2D eigenvalue weighted by atomic mass is 19.4. The predicted molar refractivity (Wildman–Crippen MR) is 61.0 cm³/mol. The van der Waals surface area contributed by atoms with Gasteiger partial charge >= 0.3 is 18.3 Å². The second-order valence-corrected chi connectivity index (χ2v) is 4.27. The number of carboxylic acids is 1. The van der Waals surface area contributed by atoms with Gasteiger partial charge in [-0.15, -0.1) is 0 Å². The summed E-state index contributed by atoms with van der Waals surface area (Å²) >= 11 is 0. The summed E-state index contributed by atoms with van der Waals surface area (Å²) in [7, 11) is 0. The standard InChI is InChI=1S/C12H6F6N2O2/c13-11(14,15)6-1-5(2-7(3-6)12(16,17)18)8-4-9(10(21)22)20-19-8/h1-4H,(H,19,20)(H,21,22). The van der Waals surface area contributed by atoms with Gasteiger partial charge in [-0.05, 0) is 24.3 Å². The third kappa shape index (κ3) is 3.21. The zero-order chi connectivity index (χ0) is 16.7. The molecule has 0 aliphatic rings. The van der Waals surface area contributed by atoms with Gasteiger partial charge in [0.25, 0.3) is 0 Å². The Morgan fingerprint density at radius 3 is 1.82 bits per heavy atom. The summed E-state index contributed by atoms with van der Waals surface area (Å²) in [4.78, 5) is 10.7. The van der Waals surface area contributed by atoms with Crippen molar-refractivity contribution in [2.45, 2.75) is 12.4 Å². The molecule has 0 saturated heterocycles. The lowest BCUT2D eigenvalue weighted by molar-refractivity contribution is -0.143. The van der Waals surface area contributed by atoms with Crippen LogP contribution in [0.5, 0.6) is 0 Å². The summed E-state index contributed by atoms with van der Waals surface area (Å²) in [5, 5.41) is 14.1. The van der Waals surface area contributed by atoms with Crippen LogP contribution in [0.25, 0.3) is 11.3 Å². The number of nitrogens with zero attached hydrogens (tertiary/aromatic N) is 1. The van der Waals surface area contributed by atoms with Gasteiger partial charge in [0.15, 0.2) is 0 Å². The van der Waals surface area contributed by atoms with E-state index < -0.39 is 40.7 Å². The summed E-state index contributed by atoms with van der Waals surface area (Å²) in [6, 6.07) is 1.76. The Hall–Kier alpha value is -2.52. The number of halogens is 6. The molecule has 1 aromatic heterocycles. The van der Waals surface area contributed by atoms with Crippen molar-refractivity contribution in [3.63, 3.8) is 0 Å². The first-order chi connectivity index (χ1) is 9.98. The molecule has 4 nitrogen and oxygen atoms in total. The molecular formula is C12H6F6N2O2. The first kappa shape index (κ1) is 15.9. The van der Waals surface area contributed by atoms with Gasteiger partial charge in [0.2, 0.25) is 0 Å². The molecule has 0 spiro atoms. The molecule has 2 aromatic rings. The van der Waals surface area contributed by atoms with E-state index >= 15 is 0 Å². The number of alkyl halides is 6. The minimum atomic E-state index is -4.98. The molecule has 0 amide bonds. The van der Waals surface area contributed by atoms with E-state index in [0.29, 0.717) is 12.1 Å². The molecule has 10 heteroatoms. The molecule has 2 N–H and O–H groups in total. The first-order valence-corrected chi connectivity index (χ1v) is 5.57. The molecule has 1 aromatic carbocycles. The molecule has 0 aliphatic carbocycles. The molecule has 22 heavy (non-hydrogen) atoms. The number of nitrogens with one attached hydrogen (secondary N) is 1. The second kappa shape index (κ2) is 5.04. The quantitative estimate of drug-likeness (QED) is 0.826. The monoisotopic (exact) mass is 324 g/mol. The Balaban J connectivity index is 2.61. The average Bonchev–Trinajstić information content (AvgIpc) is 2.85. The van der Waals surface area contributed by atoms with Crippen LogP contribution in [0.2, 0.25) is 0 Å². The van der Waals surface area contributed by atoms with Gasteiger partial charge in [0, 0.05) is 5.56 Å². The largest absolute Gasteiger partial charge is 0.477 e. The predicted octanol–water partition coefficient (Wildman–Crippen LogP) is 3.81. The van der Waals surface area contributed by atoms with Crippen LogP contribution in [0, 0.1) is 0 Å². The Morgan fingerprint density at radius 1 is 0.955 bits per heavy atom. The minimum Gasteiger partial charge on any atom is -0.477 e. The molecule has 0 saturated carbocycles.